The molecule has 100 valence electrons. The number of halogens is 3. The van der Waals surface area contributed by atoms with E-state index in [0.717, 1.165) is 0 Å². The lowest BCUT2D eigenvalue weighted by molar-refractivity contribution is -0.238. The van der Waals surface area contributed by atoms with Crippen molar-refractivity contribution in [3.63, 3.8) is 0 Å². The van der Waals surface area contributed by atoms with Gasteiger partial charge in [-0.25, -0.2) is 9.69 Å². The summed E-state index contributed by atoms with van der Waals surface area (Å²) in [5, 5.41) is 2.43. The molecule has 0 aromatic heterocycles. The van der Waals surface area contributed by atoms with E-state index in [9.17, 15) is 18.0 Å². The molecule has 0 aromatic rings. The number of ether oxygens (including phenoxy) is 1. The van der Waals surface area contributed by atoms with Crippen LogP contribution in [0.15, 0.2) is 0 Å². The van der Waals surface area contributed by atoms with Crippen molar-refractivity contribution in [3.8, 4) is 0 Å². The molecule has 1 heterocycles. The molecule has 1 N–H and O–H groups in total. The highest BCUT2D eigenvalue weighted by molar-refractivity contribution is 5.68. The topological polar surface area (TPSA) is 41.6 Å². The zero-order valence-electron chi connectivity index (χ0n) is 10.1. The lowest BCUT2D eigenvalue weighted by atomic mass is 10.2. The Balaban J connectivity index is 2.38. The van der Waals surface area contributed by atoms with Crippen molar-refractivity contribution in [2.75, 3.05) is 13.1 Å². The zero-order valence-corrected chi connectivity index (χ0v) is 10.1. The average Bonchev–Trinajstić information content (AvgIpc) is 2.47. The normalized spacial score (nSPS) is 22.6. The third kappa shape index (κ3) is 4.80. The van der Waals surface area contributed by atoms with E-state index in [4.69, 9.17) is 4.74 Å². The standard InChI is InChI=1S/C10H17F3N2O2/c1-9(2,3)17-8(16)14-7-4-5-15(6-7)10(11,12)13/h7H,4-6H2,1-3H3,(H,14,16)/t7-/m0/s1. The Hall–Kier alpha value is -0.980. The van der Waals surface area contributed by atoms with Crippen molar-refractivity contribution in [3.05, 3.63) is 0 Å². The van der Waals surface area contributed by atoms with Crippen LogP contribution < -0.4 is 5.32 Å². The fourth-order valence-corrected chi connectivity index (χ4v) is 1.58. The average molecular weight is 254 g/mol. The van der Waals surface area contributed by atoms with E-state index in [-0.39, 0.29) is 19.5 Å². The Morgan fingerprint density at radius 2 is 1.94 bits per heavy atom. The number of hydrogen-bond acceptors (Lipinski definition) is 3. The summed E-state index contributed by atoms with van der Waals surface area (Å²) in [5.41, 5.74) is -0.646. The molecule has 0 aromatic carbocycles. The summed E-state index contributed by atoms with van der Waals surface area (Å²) in [6.07, 6.45) is -4.73. The molecule has 1 rings (SSSR count). The van der Waals surface area contributed by atoms with Crippen molar-refractivity contribution in [2.24, 2.45) is 0 Å². The van der Waals surface area contributed by atoms with Gasteiger partial charge in [0.2, 0.25) is 0 Å². The van der Waals surface area contributed by atoms with Crippen LogP contribution in [-0.2, 0) is 4.74 Å². The largest absolute Gasteiger partial charge is 0.459 e. The minimum Gasteiger partial charge on any atom is -0.444 e. The number of alkyl carbamates (subject to hydrolysis) is 1. The van der Waals surface area contributed by atoms with Crippen LogP contribution in [0.5, 0.6) is 0 Å². The molecule has 0 saturated carbocycles. The number of carbonyl (C=O) groups excluding carboxylic acids is 1. The molecule has 0 aliphatic carbocycles. The SMILES string of the molecule is CC(C)(C)OC(=O)N[C@H]1CCN(C(F)(F)F)C1. The minimum atomic E-state index is -4.33. The summed E-state index contributed by atoms with van der Waals surface area (Å²) in [6.45, 7) is 4.78. The maximum Gasteiger partial charge on any atom is 0.459 e. The molecule has 0 unspecified atom stereocenters. The molecule has 17 heavy (non-hydrogen) atoms. The second-order valence-electron chi connectivity index (χ2n) is 5.05. The molecule has 1 saturated heterocycles. The van der Waals surface area contributed by atoms with E-state index in [1.54, 1.807) is 20.8 Å². The van der Waals surface area contributed by atoms with Gasteiger partial charge in [-0.3, -0.25) is 0 Å². The number of rotatable bonds is 1. The van der Waals surface area contributed by atoms with Gasteiger partial charge >= 0.3 is 12.4 Å². The maximum absolute atomic E-state index is 12.3. The van der Waals surface area contributed by atoms with E-state index < -0.39 is 24.0 Å². The first-order valence-electron chi connectivity index (χ1n) is 5.39. The van der Waals surface area contributed by atoms with Crippen molar-refractivity contribution >= 4 is 6.09 Å². The molecular formula is C10H17F3N2O2. The van der Waals surface area contributed by atoms with Crippen LogP contribution >= 0.6 is 0 Å². The van der Waals surface area contributed by atoms with E-state index in [1.165, 1.54) is 0 Å². The highest BCUT2D eigenvalue weighted by Gasteiger charge is 2.42. The van der Waals surface area contributed by atoms with Gasteiger partial charge in [0.25, 0.3) is 0 Å². The van der Waals surface area contributed by atoms with Gasteiger partial charge in [0, 0.05) is 19.1 Å². The second kappa shape index (κ2) is 4.72. The first-order valence-corrected chi connectivity index (χ1v) is 5.39. The fourth-order valence-electron chi connectivity index (χ4n) is 1.58. The number of likely N-dealkylation sites (tertiary alicyclic amines) is 1. The van der Waals surface area contributed by atoms with Gasteiger partial charge < -0.3 is 10.1 Å². The number of nitrogens with one attached hydrogen (secondary N) is 1. The van der Waals surface area contributed by atoms with Gasteiger partial charge in [-0.1, -0.05) is 0 Å². The van der Waals surface area contributed by atoms with Crippen LogP contribution in [0.1, 0.15) is 27.2 Å². The molecule has 0 bridgehead atoms. The molecular weight excluding hydrogens is 237 g/mol. The van der Waals surface area contributed by atoms with Crippen LogP contribution in [0, 0.1) is 0 Å². The van der Waals surface area contributed by atoms with E-state index >= 15 is 0 Å². The smallest absolute Gasteiger partial charge is 0.444 e. The number of hydrogen-bond donors (Lipinski definition) is 1. The van der Waals surface area contributed by atoms with Crippen LogP contribution in [0.3, 0.4) is 0 Å². The molecule has 7 heteroatoms. The third-order valence-corrected chi connectivity index (χ3v) is 2.27. The van der Waals surface area contributed by atoms with Gasteiger partial charge in [-0.15, -0.1) is 0 Å². The Morgan fingerprint density at radius 3 is 2.35 bits per heavy atom. The first-order chi connectivity index (χ1) is 7.58. The monoisotopic (exact) mass is 254 g/mol. The van der Waals surface area contributed by atoms with Crippen LogP contribution in [0.2, 0.25) is 0 Å². The summed E-state index contributed by atoms with van der Waals surface area (Å²) in [4.78, 5) is 11.7. The minimum absolute atomic E-state index is 0.0933. The highest BCUT2D eigenvalue weighted by Crippen LogP contribution is 2.25. The fraction of sp³-hybridized carbons (Fsp3) is 0.900. The molecule has 1 aliphatic heterocycles. The summed E-state index contributed by atoms with van der Waals surface area (Å²) in [7, 11) is 0. The lowest BCUT2D eigenvalue weighted by Gasteiger charge is -2.22. The predicted molar refractivity (Wildman–Crippen MR) is 55.4 cm³/mol. The Bertz CT molecular complexity index is 286. The van der Waals surface area contributed by atoms with Crippen molar-refractivity contribution in [1.29, 1.82) is 0 Å². The summed E-state index contributed by atoms with van der Waals surface area (Å²) >= 11 is 0. The van der Waals surface area contributed by atoms with Crippen LogP contribution in [0.25, 0.3) is 0 Å². The molecule has 1 fully saturated rings. The zero-order chi connectivity index (χ0) is 13.3. The van der Waals surface area contributed by atoms with Crippen LogP contribution in [0.4, 0.5) is 18.0 Å². The van der Waals surface area contributed by atoms with E-state index in [1.807, 2.05) is 0 Å². The summed E-state index contributed by atoms with van der Waals surface area (Å²) in [5.74, 6) is 0. The van der Waals surface area contributed by atoms with Gasteiger partial charge in [-0.2, -0.15) is 13.2 Å². The summed E-state index contributed by atoms with van der Waals surface area (Å²) in [6, 6.07) is -0.508. The molecule has 1 atom stereocenters. The Kier molecular flexibility index (Phi) is 3.91. The lowest BCUT2D eigenvalue weighted by Crippen LogP contribution is -2.43. The van der Waals surface area contributed by atoms with E-state index in [0.29, 0.717) is 4.90 Å². The Labute approximate surface area is 98.1 Å². The number of alkyl halides is 3. The van der Waals surface area contributed by atoms with Gasteiger partial charge in [0.05, 0.1) is 0 Å². The molecule has 0 spiro atoms. The first kappa shape index (κ1) is 14.1. The van der Waals surface area contributed by atoms with Crippen molar-refractivity contribution in [1.82, 2.24) is 10.2 Å². The molecule has 1 amide bonds. The van der Waals surface area contributed by atoms with Crippen molar-refractivity contribution in [2.45, 2.75) is 45.1 Å². The number of amides is 1. The van der Waals surface area contributed by atoms with Crippen LogP contribution in [-0.4, -0.2) is 42.0 Å². The quantitative estimate of drug-likeness (QED) is 0.729. The third-order valence-electron chi connectivity index (χ3n) is 2.27. The molecule has 4 nitrogen and oxygen atoms in total. The summed E-state index contributed by atoms with van der Waals surface area (Å²) < 4.78 is 41.9. The Morgan fingerprint density at radius 1 is 1.35 bits per heavy atom. The maximum atomic E-state index is 12.3. The second-order valence-corrected chi connectivity index (χ2v) is 5.05. The van der Waals surface area contributed by atoms with E-state index in [2.05, 4.69) is 5.32 Å². The molecule has 0 radical (unpaired) electrons. The number of nitrogens with zero attached hydrogens (tertiary/aromatic N) is 1. The predicted octanol–water partition coefficient (Wildman–Crippen LogP) is 2.11. The molecule has 1 aliphatic rings. The van der Waals surface area contributed by atoms with Crippen molar-refractivity contribution < 1.29 is 22.7 Å². The van der Waals surface area contributed by atoms with Gasteiger partial charge in [-0.05, 0) is 27.2 Å². The number of carbonyl (C=O) groups is 1. The highest BCUT2D eigenvalue weighted by atomic mass is 19.4. The van der Waals surface area contributed by atoms with Gasteiger partial charge in [0.1, 0.15) is 5.60 Å². The van der Waals surface area contributed by atoms with Gasteiger partial charge in [0.15, 0.2) is 0 Å².